The Bertz CT molecular complexity index is 397. The van der Waals surface area contributed by atoms with E-state index in [4.69, 9.17) is 11.6 Å². The molecule has 126 valence electrons. The highest BCUT2D eigenvalue weighted by atomic mass is 35.5. The van der Waals surface area contributed by atoms with Gasteiger partial charge in [0.05, 0.1) is 0 Å². The van der Waals surface area contributed by atoms with Crippen molar-refractivity contribution < 1.29 is 0 Å². The first-order valence-corrected chi connectivity index (χ1v) is 8.28. The molecule has 2 aliphatic rings. The number of halogens is 3. The fourth-order valence-corrected chi connectivity index (χ4v) is 3.87. The molecule has 0 bridgehead atoms. The van der Waals surface area contributed by atoms with Crippen LogP contribution in [0.3, 0.4) is 0 Å². The molecule has 2 heterocycles. The number of rotatable bonds is 3. The predicted molar refractivity (Wildman–Crippen MR) is 97.5 cm³/mol. The van der Waals surface area contributed by atoms with Gasteiger partial charge in [0.25, 0.3) is 0 Å². The highest BCUT2D eigenvalue weighted by Gasteiger charge is 2.30. The molecule has 2 fully saturated rings. The lowest BCUT2D eigenvalue weighted by molar-refractivity contribution is 0.103. The Morgan fingerprint density at radius 2 is 1.77 bits per heavy atom. The zero-order chi connectivity index (χ0) is 13.8. The maximum atomic E-state index is 5.95. The molecule has 3 nitrogen and oxygen atoms in total. The van der Waals surface area contributed by atoms with Gasteiger partial charge in [-0.15, -0.1) is 24.8 Å². The Morgan fingerprint density at radius 3 is 2.36 bits per heavy atom. The molecule has 1 N–H and O–H groups in total. The van der Waals surface area contributed by atoms with Crippen LogP contribution in [0.4, 0.5) is 0 Å². The standard InChI is InChI=1S/C16H24ClN3.2ClH/c17-15-7-6-14(12-19-15)16(13-4-2-1-3-5-13)20-10-8-18-9-11-20;;/h6-7,12-13,16,18H,1-5,8-11H2;2*1H/t16-;;/m1../s1. The van der Waals surface area contributed by atoms with Crippen LogP contribution < -0.4 is 5.32 Å². The molecule has 1 atom stereocenters. The number of nitrogens with zero attached hydrogens (tertiary/aromatic N) is 2. The molecule has 0 unspecified atom stereocenters. The molecule has 1 saturated carbocycles. The van der Waals surface area contributed by atoms with Gasteiger partial charge in [0.2, 0.25) is 0 Å². The van der Waals surface area contributed by atoms with E-state index in [0.717, 1.165) is 32.1 Å². The maximum absolute atomic E-state index is 5.95. The lowest BCUT2D eigenvalue weighted by Crippen LogP contribution is -2.47. The van der Waals surface area contributed by atoms with E-state index in [2.05, 4.69) is 21.3 Å². The van der Waals surface area contributed by atoms with Crippen molar-refractivity contribution >= 4 is 36.4 Å². The van der Waals surface area contributed by atoms with Crippen LogP contribution in [0, 0.1) is 5.92 Å². The summed E-state index contributed by atoms with van der Waals surface area (Å²) in [5.74, 6) is 0.782. The van der Waals surface area contributed by atoms with E-state index in [1.54, 1.807) is 0 Å². The average Bonchev–Trinajstić information content (AvgIpc) is 2.52. The maximum Gasteiger partial charge on any atom is 0.129 e. The summed E-state index contributed by atoms with van der Waals surface area (Å²) in [6.45, 7) is 4.49. The predicted octanol–water partition coefficient (Wildman–Crippen LogP) is 4.11. The van der Waals surface area contributed by atoms with Crippen molar-refractivity contribution in [3.05, 3.63) is 29.0 Å². The van der Waals surface area contributed by atoms with E-state index < -0.39 is 0 Å². The van der Waals surface area contributed by atoms with Crippen molar-refractivity contribution in [2.24, 2.45) is 5.92 Å². The minimum Gasteiger partial charge on any atom is -0.314 e. The number of hydrogen-bond acceptors (Lipinski definition) is 3. The Labute approximate surface area is 151 Å². The zero-order valence-electron chi connectivity index (χ0n) is 12.8. The molecular formula is C16H26Cl3N3. The van der Waals surface area contributed by atoms with Gasteiger partial charge >= 0.3 is 0 Å². The summed E-state index contributed by atoms with van der Waals surface area (Å²) in [6.07, 6.45) is 8.88. The molecule has 1 aromatic rings. The van der Waals surface area contributed by atoms with E-state index in [0.29, 0.717) is 11.2 Å². The first kappa shape index (κ1) is 20.0. The van der Waals surface area contributed by atoms with Crippen LogP contribution in [0.1, 0.15) is 43.7 Å². The summed E-state index contributed by atoms with van der Waals surface area (Å²) in [7, 11) is 0. The molecule has 1 aliphatic heterocycles. The van der Waals surface area contributed by atoms with Crippen molar-refractivity contribution in [2.45, 2.75) is 38.1 Å². The summed E-state index contributed by atoms with van der Waals surface area (Å²) in [6, 6.07) is 4.65. The first-order chi connectivity index (χ1) is 9.84. The molecule has 22 heavy (non-hydrogen) atoms. The minimum absolute atomic E-state index is 0. The van der Waals surface area contributed by atoms with Crippen LogP contribution in [0.2, 0.25) is 5.15 Å². The second-order valence-electron chi connectivity index (χ2n) is 6.04. The Hall–Kier alpha value is -0.0600. The van der Waals surface area contributed by atoms with E-state index in [-0.39, 0.29) is 24.8 Å². The third-order valence-corrected chi connectivity index (χ3v) is 4.96. The van der Waals surface area contributed by atoms with E-state index in [9.17, 15) is 0 Å². The molecule has 0 spiro atoms. The monoisotopic (exact) mass is 365 g/mol. The van der Waals surface area contributed by atoms with Crippen LogP contribution in [-0.2, 0) is 0 Å². The Balaban J connectivity index is 0.00000121. The highest BCUT2D eigenvalue weighted by molar-refractivity contribution is 6.29. The van der Waals surface area contributed by atoms with E-state index in [1.807, 2.05) is 12.3 Å². The number of piperazine rings is 1. The van der Waals surface area contributed by atoms with Crippen LogP contribution in [0.25, 0.3) is 0 Å². The quantitative estimate of drug-likeness (QED) is 0.816. The second kappa shape index (κ2) is 9.94. The lowest BCUT2D eigenvalue weighted by Gasteiger charge is -2.41. The summed E-state index contributed by atoms with van der Waals surface area (Å²) < 4.78 is 0. The Kier molecular flexibility index (Phi) is 9.03. The Morgan fingerprint density at radius 1 is 1.09 bits per heavy atom. The van der Waals surface area contributed by atoms with E-state index in [1.165, 1.54) is 37.7 Å². The van der Waals surface area contributed by atoms with Gasteiger partial charge in [-0.25, -0.2) is 4.98 Å². The van der Waals surface area contributed by atoms with Gasteiger partial charge in [0.15, 0.2) is 0 Å². The van der Waals surface area contributed by atoms with Crippen molar-refractivity contribution in [1.82, 2.24) is 15.2 Å². The molecule has 6 heteroatoms. The van der Waals surface area contributed by atoms with Crippen molar-refractivity contribution in [3.8, 4) is 0 Å². The summed E-state index contributed by atoms with van der Waals surface area (Å²) in [5, 5.41) is 4.05. The third-order valence-electron chi connectivity index (χ3n) is 4.73. The van der Waals surface area contributed by atoms with Crippen molar-refractivity contribution in [1.29, 1.82) is 0 Å². The van der Waals surface area contributed by atoms with Gasteiger partial charge in [-0.1, -0.05) is 36.9 Å². The molecule has 1 saturated heterocycles. The molecular weight excluding hydrogens is 341 g/mol. The highest BCUT2D eigenvalue weighted by Crippen LogP contribution is 2.38. The topological polar surface area (TPSA) is 28.2 Å². The zero-order valence-corrected chi connectivity index (χ0v) is 15.2. The molecule has 1 aromatic heterocycles. The van der Waals surface area contributed by atoms with Gasteiger partial charge in [0, 0.05) is 38.4 Å². The van der Waals surface area contributed by atoms with Crippen LogP contribution in [0.5, 0.6) is 0 Å². The van der Waals surface area contributed by atoms with Gasteiger partial charge < -0.3 is 5.32 Å². The third kappa shape index (κ3) is 4.97. The van der Waals surface area contributed by atoms with Gasteiger partial charge in [-0.3, -0.25) is 4.90 Å². The summed E-state index contributed by atoms with van der Waals surface area (Å²) in [5.41, 5.74) is 1.35. The molecule has 1 aliphatic carbocycles. The minimum atomic E-state index is 0. The van der Waals surface area contributed by atoms with Gasteiger partial charge in [-0.05, 0) is 30.4 Å². The second-order valence-corrected chi connectivity index (χ2v) is 6.43. The molecule has 3 rings (SSSR count). The van der Waals surface area contributed by atoms with Gasteiger partial charge in [-0.2, -0.15) is 0 Å². The molecule has 0 amide bonds. The average molecular weight is 367 g/mol. The number of nitrogens with one attached hydrogen (secondary N) is 1. The normalized spacial score (nSPS) is 21.5. The van der Waals surface area contributed by atoms with Gasteiger partial charge in [0.1, 0.15) is 5.15 Å². The SMILES string of the molecule is Cl.Cl.Clc1ccc([C@@H](C2CCCCC2)N2CCNCC2)cn1. The smallest absolute Gasteiger partial charge is 0.129 e. The first-order valence-electron chi connectivity index (χ1n) is 7.91. The number of aromatic nitrogens is 1. The largest absolute Gasteiger partial charge is 0.314 e. The summed E-state index contributed by atoms with van der Waals surface area (Å²) >= 11 is 5.95. The van der Waals surface area contributed by atoms with Crippen molar-refractivity contribution in [2.75, 3.05) is 26.2 Å². The van der Waals surface area contributed by atoms with Crippen molar-refractivity contribution in [3.63, 3.8) is 0 Å². The fraction of sp³-hybridized carbons (Fsp3) is 0.688. The van der Waals surface area contributed by atoms with Crippen LogP contribution in [0.15, 0.2) is 18.3 Å². The lowest BCUT2D eigenvalue weighted by atomic mass is 9.80. The van der Waals surface area contributed by atoms with E-state index >= 15 is 0 Å². The fourth-order valence-electron chi connectivity index (χ4n) is 3.75. The van der Waals surface area contributed by atoms with Crippen LogP contribution in [-0.4, -0.2) is 36.1 Å². The number of pyridine rings is 1. The molecule has 0 radical (unpaired) electrons. The van der Waals surface area contributed by atoms with Crippen LogP contribution >= 0.6 is 36.4 Å². The molecule has 0 aromatic carbocycles. The number of hydrogen-bond donors (Lipinski definition) is 1. The summed E-state index contributed by atoms with van der Waals surface area (Å²) in [4.78, 5) is 6.96.